The largest absolute Gasteiger partial charge is 0.465 e. The predicted molar refractivity (Wildman–Crippen MR) is 101 cm³/mol. The van der Waals surface area contributed by atoms with Gasteiger partial charge in [-0.3, -0.25) is 4.90 Å². The summed E-state index contributed by atoms with van der Waals surface area (Å²) in [5, 5.41) is 10.3. The third-order valence-electron chi connectivity index (χ3n) is 4.77. The average molecular weight is 363 g/mol. The van der Waals surface area contributed by atoms with Crippen LogP contribution < -0.4 is 5.73 Å². The van der Waals surface area contributed by atoms with E-state index in [-0.39, 0.29) is 5.92 Å². The van der Waals surface area contributed by atoms with Crippen LogP contribution in [-0.2, 0) is 10.3 Å². The molecule has 0 saturated carbocycles. The number of amidine groups is 1. The minimum atomic E-state index is -0.980. The van der Waals surface area contributed by atoms with Gasteiger partial charge in [0.15, 0.2) is 5.17 Å². The van der Waals surface area contributed by atoms with Gasteiger partial charge in [0.05, 0.1) is 12.1 Å². The van der Waals surface area contributed by atoms with Crippen molar-refractivity contribution in [1.82, 2.24) is 4.90 Å². The number of rotatable bonds is 1. The molecule has 0 radical (unpaired) electrons. The Morgan fingerprint density at radius 3 is 2.88 bits per heavy atom. The molecule has 3 rings (SSSR count). The molecule has 0 spiro atoms. The monoisotopic (exact) mass is 363 g/mol. The van der Waals surface area contributed by atoms with Gasteiger partial charge in [0, 0.05) is 35.9 Å². The maximum atomic E-state index is 11.9. The van der Waals surface area contributed by atoms with Crippen molar-refractivity contribution >= 4 is 28.7 Å². The number of nitrogens with zero attached hydrogens (tertiary/aromatic N) is 2. The van der Waals surface area contributed by atoms with Gasteiger partial charge in [-0.05, 0) is 38.5 Å². The highest BCUT2D eigenvalue weighted by Gasteiger charge is 2.47. The van der Waals surface area contributed by atoms with E-state index in [0.29, 0.717) is 24.1 Å². The lowest BCUT2D eigenvalue weighted by atomic mass is 9.75. The van der Waals surface area contributed by atoms with Crippen molar-refractivity contribution in [1.29, 1.82) is 0 Å². The molecule has 1 aromatic carbocycles. The van der Waals surface area contributed by atoms with Gasteiger partial charge in [0.1, 0.15) is 0 Å². The van der Waals surface area contributed by atoms with Gasteiger partial charge in [0.2, 0.25) is 0 Å². The van der Waals surface area contributed by atoms with E-state index in [1.54, 1.807) is 0 Å². The molecule has 136 valence electrons. The Morgan fingerprint density at radius 2 is 2.24 bits per heavy atom. The molecule has 1 unspecified atom stereocenters. The number of fused-ring (bicyclic) bond motifs is 1. The lowest BCUT2D eigenvalue weighted by Gasteiger charge is -2.46. The van der Waals surface area contributed by atoms with Crippen molar-refractivity contribution in [2.45, 2.75) is 38.3 Å². The molecule has 1 saturated heterocycles. The standard InChI is InChI=1S/C18H25N3O3S/c1-17(2,3)21(16(22)23)15-20-18(12-5-4-6-14(19)9-12)7-8-24-10-13(18)11-25-15/h4-6,9,13H,7-8,10-11,19H2,1-3H3,(H,22,23)/t13?,18-/m1/s1. The third kappa shape index (κ3) is 3.35. The Hall–Kier alpha value is -1.73. The molecule has 6 nitrogen and oxygen atoms in total. The van der Waals surface area contributed by atoms with Gasteiger partial charge in [-0.1, -0.05) is 23.9 Å². The molecular formula is C18H25N3O3S. The zero-order chi connectivity index (χ0) is 18.2. The minimum Gasteiger partial charge on any atom is -0.465 e. The Kier molecular flexibility index (Phi) is 4.72. The molecule has 1 fully saturated rings. The van der Waals surface area contributed by atoms with Crippen LogP contribution in [-0.4, -0.2) is 45.8 Å². The fraction of sp³-hybridized carbons (Fsp3) is 0.556. The van der Waals surface area contributed by atoms with Crippen molar-refractivity contribution in [2.24, 2.45) is 10.9 Å². The zero-order valence-electron chi connectivity index (χ0n) is 14.9. The first-order valence-corrected chi connectivity index (χ1v) is 9.42. The summed E-state index contributed by atoms with van der Waals surface area (Å²) in [6.45, 7) is 6.88. The van der Waals surface area contributed by atoms with E-state index in [9.17, 15) is 9.90 Å². The summed E-state index contributed by atoms with van der Waals surface area (Å²) >= 11 is 1.49. The van der Waals surface area contributed by atoms with E-state index in [1.807, 2.05) is 45.0 Å². The number of benzene rings is 1. The van der Waals surface area contributed by atoms with Crippen molar-refractivity contribution in [3.63, 3.8) is 0 Å². The normalized spacial score (nSPS) is 26.5. The zero-order valence-corrected chi connectivity index (χ0v) is 15.7. The van der Waals surface area contributed by atoms with Crippen LogP contribution in [0.5, 0.6) is 0 Å². The number of thioether (sulfide) groups is 1. The summed E-state index contributed by atoms with van der Waals surface area (Å²) in [6, 6.07) is 7.78. The van der Waals surface area contributed by atoms with Gasteiger partial charge in [-0.15, -0.1) is 0 Å². The Labute approximate surface area is 152 Å². The fourth-order valence-corrected chi connectivity index (χ4v) is 4.96. The quantitative estimate of drug-likeness (QED) is 0.747. The second kappa shape index (κ2) is 6.53. The third-order valence-corrected chi connectivity index (χ3v) is 5.87. The number of nitrogen functional groups attached to an aromatic ring is 1. The molecular weight excluding hydrogens is 338 g/mol. The molecule has 2 aliphatic heterocycles. The predicted octanol–water partition coefficient (Wildman–Crippen LogP) is 3.38. The molecule has 2 atom stereocenters. The first-order chi connectivity index (χ1) is 11.7. The smallest absolute Gasteiger partial charge is 0.413 e. The van der Waals surface area contributed by atoms with E-state index in [4.69, 9.17) is 15.5 Å². The lowest BCUT2D eigenvalue weighted by Crippen LogP contribution is -2.53. The molecule has 2 aliphatic rings. The van der Waals surface area contributed by atoms with Crippen LogP contribution in [0, 0.1) is 5.92 Å². The summed E-state index contributed by atoms with van der Waals surface area (Å²) in [5.41, 5.74) is 6.70. The van der Waals surface area contributed by atoms with Crippen LogP contribution in [0.2, 0.25) is 0 Å². The fourth-order valence-electron chi connectivity index (χ4n) is 3.53. The number of carbonyl (C=O) groups is 1. The van der Waals surface area contributed by atoms with Crippen molar-refractivity contribution in [3.05, 3.63) is 29.8 Å². The van der Waals surface area contributed by atoms with Crippen LogP contribution in [0.1, 0.15) is 32.8 Å². The topological polar surface area (TPSA) is 88.2 Å². The number of aliphatic imine (C=N–C) groups is 1. The van der Waals surface area contributed by atoms with Gasteiger partial charge in [-0.25, -0.2) is 9.79 Å². The van der Waals surface area contributed by atoms with Crippen LogP contribution in [0.3, 0.4) is 0 Å². The maximum absolute atomic E-state index is 11.9. The maximum Gasteiger partial charge on any atom is 0.413 e. The number of anilines is 1. The number of hydrogen-bond donors (Lipinski definition) is 2. The first kappa shape index (κ1) is 18.1. The van der Waals surface area contributed by atoms with Crippen LogP contribution >= 0.6 is 11.8 Å². The van der Waals surface area contributed by atoms with Crippen LogP contribution in [0.15, 0.2) is 29.3 Å². The number of amides is 1. The van der Waals surface area contributed by atoms with Crippen molar-refractivity contribution < 1.29 is 14.6 Å². The summed E-state index contributed by atoms with van der Waals surface area (Å²) in [5.74, 6) is 0.973. The molecule has 3 N–H and O–H groups in total. The Bertz CT molecular complexity index is 701. The SMILES string of the molecule is CC(C)(C)N(C(=O)O)C1=N[C@@]2(c3cccc(N)c3)CCOCC2CS1. The summed E-state index contributed by atoms with van der Waals surface area (Å²) < 4.78 is 5.68. The number of ether oxygens (including phenoxy) is 1. The summed E-state index contributed by atoms with van der Waals surface area (Å²) in [4.78, 5) is 18.3. The highest BCUT2D eigenvalue weighted by molar-refractivity contribution is 8.13. The molecule has 2 heterocycles. The van der Waals surface area contributed by atoms with Gasteiger partial charge >= 0.3 is 6.09 Å². The Morgan fingerprint density at radius 1 is 1.48 bits per heavy atom. The van der Waals surface area contributed by atoms with E-state index >= 15 is 0 Å². The highest BCUT2D eigenvalue weighted by Crippen LogP contribution is 2.46. The molecule has 0 aromatic heterocycles. The van der Waals surface area contributed by atoms with E-state index in [1.165, 1.54) is 16.7 Å². The second-order valence-corrected chi connectivity index (χ2v) is 8.55. The molecule has 1 aromatic rings. The van der Waals surface area contributed by atoms with E-state index < -0.39 is 17.2 Å². The van der Waals surface area contributed by atoms with E-state index in [0.717, 1.165) is 17.7 Å². The summed E-state index contributed by atoms with van der Waals surface area (Å²) in [6.07, 6.45) is -0.255. The number of hydrogen-bond acceptors (Lipinski definition) is 5. The highest BCUT2D eigenvalue weighted by atomic mass is 32.2. The molecule has 1 amide bonds. The van der Waals surface area contributed by atoms with Crippen LogP contribution in [0.4, 0.5) is 10.5 Å². The molecule has 25 heavy (non-hydrogen) atoms. The van der Waals surface area contributed by atoms with Gasteiger partial charge in [-0.2, -0.15) is 0 Å². The Balaban J connectivity index is 2.12. The van der Waals surface area contributed by atoms with Crippen molar-refractivity contribution in [3.8, 4) is 0 Å². The van der Waals surface area contributed by atoms with Crippen LogP contribution in [0.25, 0.3) is 0 Å². The molecule has 0 bridgehead atoms. The van der Waals surface area contributed by atoms with Gasteiger partial charge < -0.3 is 15.6 Å². The minimum absolute atomic E-state index is 0.201. The summed E-state index contributed by atoms with van der Waals surface area (Å²) in [7, 11) is 0. The second-order valence-electron chi connectivity index (χ2n) is 7.57. The van der Waals surface area contributed by atoms with Crippen molar-refractivity contribution in [2.75, 3.05) is 24.7 Å². The molecule has 0 aliphatic carbocycles. The van der Waals surface area contributed by atoms with Gasteiger partial charge in [0.25, 0.3) is 0 Å². The number of nitrogens with two attached hydrogens (primary N) is 1. The lowest BCUT2D eigenvalue weighted by molar-refractivity contribution is 0.00934. The van der Waals surface area contributed by atoms with E-state index in [2.05, 4.69) is 0 Å². The number of carboxylic acid groups (broad SMARTS) is 1. The first-order valence-electron chi connectivity index (χ1n) is 8.43. The molecule has 7 heteroatoms. The average Bonchev–Trinajstić information content (AvgIpc) is 2.53.